The van der Waals surface area contributed by atoms with E-state index in [0.29, 0.717) is 12.8 Å². The summed E-state index contributed by atoms with van der Waals surface area (Å²) >= 11 is 1.06. The van der Waals surface area contributed by atoms with Crippen molar-refractivity contribution in [2.24, 2.45) is 16.8 Å². The van der Waals surface area contributed by atoms with E-state index in [2.05, 4.69) is 20.8 Å². The van der Waals surface area contributed by atoms with Crippen LogP contribution in [0.15, 0.2) is 40.9 Å². The molecule has 1 aliphatic heterocycles. The summed E-state index contributed by atoms with van der Waals surface area (Å²) in [5.41, 5.74) is 4.42. The summed E-state index contributed by atoms with van der Waals surface area (Å²) in [4.78, 5) is 61.2. The van der Waals surface area contributed by atoms with Crippen LogP contribution in [0.5, 0.6) is 0 Å². The van der Waals surface area contributed by atoms with E-state index in [0.717, 1.165) is 29.7 Å². The van der Waals surface area contributed by atoms with Crippen molar-refractivity contribution in [1.82, 2.24) is 10.3 Å². The van der Waals surface area contributed by atoms with Crippen LogP contribution >= 0.6 is 11.3 Å². The third-order valence-corrected chi connectivity index (χ3v) is 7.49. The summed E-state index contributed by atoms with van der Waals surface area (Å²) in [5, 5.41) is 11.1. The number of anilines is 1. The molecular weight excluding hydrogens is 550 g/mol. The molecule has 1 saturated heterocycles. The fraction of sp³-hybridized carbons (Fsp3) is 0.500. The van der Waals surface area contributed by atoms with Crippen molar-refractivity contribution in [2.75, 3.05) is 11.9 Å². The number of β-lactam (4-membered cyclic amide) rings is 1. The van der Waals surface area contributed by atoms with Gasteiger partial charge in [-0.25, -0.2) is 14.6 Å². The maximum absolute atomic E-state index is 13.5. The van der Waals surface area contributed by atoms with Crippen LogP contribution < -0.4 is 16.4 Å². The van der Waals surface area contributed by atoms with Crippen LogP contribution in [-0.4, -0.2) is 58.2 Å². The molecule has 2 aromatic rings. The molecule has 2 heterocycles. The molecular formula is C28H35N5O7S. The SMILES string of the molecule is CC(C)(C)OC(=O)Nc1nc(/C(=N/OC2(C(=O)OCc3ccccc3)CCCC2)C(=O)C[C@@H]2C(=O)N[C@@H]2CN)cs1. The predicted molar refractivity (Wildman–Crippen MR) is 151 cm³/mol. The van der Waals surface area contributed by atoms with Crippen LogP contribution in [0.4, 0.5) is 9.93 Å². The largest absolute Gasteiger partial charge is 0.458 e. The van der Waals surface area contributed by atoms with Crippen molar-refractivity contribution in [3.05, 3.63) is 47.0 Å². The summed E-state index contributed by atoms with van der Waals surface area (Å²) in [6, 6.07) is 8.94. The molecule has 2 aliphatic rings. The number of aromatic nitrogens is 1. The molecule has 2 amide bonds. The van der Waals surface area contributed by atoms with E-state index in [9.17, 15) is 19.2 Å². The van der Waals surface area contributed by atoms with Gasteiger partial charge in [-0.3, -0.25) is 14.9 Å². The Balaban J connectivity index is 1.55. The first kappa shape index (κ1) is 30.1. The van der Waals surface area contributed by atoms with Crippen LogP contribution in [0, 0.1) is 5.92 Å². The number of rotatable bonds is 11. The van der Waals surface area contributed by atoms with Crippen molar-refractivity contribution in [3.63, 3.8) is 0 Å². The monoisotopic (exact) mass is 585 g/mol. The quantitative estimate of drug-likeness (QED) is 0.155. The van der Waals surface area contributed by atoms with Gasteiger partial charge in [0, 0.05) is 31.2 Å². The van der Waals surface area contributed by atoms with E-state index < -0.39 is 35.0 Å². The molecule has 2 atom stereocenters. The number of hydrogen-bond donors (Lipinski definition) is 3. The van der Waals surface area contributed by atoms with E-state index in [4.69, 9.17) is 20.0 Å². The first-order chi connectivity index (χ1) is 19.5. The number of nitrogens with zero attached hydrogens (tertiary/aromatic N) is 2. The molecule has 0 unspecified atom stereocenters. The topological polar surface area (TPSA) is 171 Å². The highest BCUT2D eigenvalue weighted by molar-refractivity contribution is 7.14. The average molecular weight is 586 g/mol. The van der Waals surface area contributed by atoms with Gasteiger partial charge < -0.3 is 25.4 Å². The van der Waals surface area contributed by atoms with Gasteiger partial charge in [0.15, 0.2) is 16.6 Å². The van der Waals surface area contributed by atoms with Gasteiger partial charge >= 0.3 is 12.1 Å². The number of ether oxygens (including phenoxy) is 2. The fourth-order valence-corrected chi connectivity index (χ4v) is 5.25. The van der Waals surface area contributed by atoms with Gasteiger partial charge in [0.2, 0.25) is 11.5 Å². The van der Waals surface area contributed by atoms with E-state index >= 15 is 0 Å². The Bertz CT molecular complexity index is 1300. The highest BCUT2D eigenvalue weighted by atomic mass is 32.1. The maximum atomic E-state index is 13.5. The van der Waals surface area contributed by atoms with Crippen molar-refractivity contribution < 1.29 is 33.5 Å². The zero-order valence-corrected chi connectivity index (χ0v) is 24.1. The minimum absolute atomic E-state index is 0.0728. The Morgan fingerprint density at radius 1 is 1.20 bits per heavy atom. The zero-order valence-electron chi connectivity index (χ0n) is 23.3. The maximum Gasteiger partial charge on any atom is 0.413 e. The first-order valence-corrected chi connectivity index (χ1v) is 14.3. The zero-order chi connectivity index (χ0) is 29.6. The molecule has 1 saturated carbocycles. The van der Waals surface area contributed by atoms with Gasteiger partial charge in [-0.05, 0) is 39.2 Å². The van der Waals surface area contributed by atoms with E-state index in [1.54, 1.807) is 20.8 Å². The first-order valence-electron chi connectivity index (χ1n) is 13.5. The second kappa shape index (κ2) is 12.8. The molecule has 4 rings (SSSR count). The summed E-state index contributed by atoms with van der Waals surface area (Å²) in [5.74, 6) is -1.98. The van der Waals surface area contributed by atoms with Crippen molar-refractivity contribution in [3.8, 4) is 0 Å². The second-order valence-corrected chi connectivity index (χ2v) is 11.9. The molecule has 1 aromatic heterocycles. The minimum atomic E-state index is -1.36. The standard InChI is InChI=1S/C28H35N5O7S/c1-27(2,3)39-26(37)32-25-31-20(16-41-25)22(21(34)13-18-19(14-29)30-23(18)35)33-40-28(11-7-8-12-28)24(36)38-15-17-9-5-4-6-10-17/h4-6,9-10,16,18-19H,7-8,11-15,29H2,1-3H3,(H,30,35)(H,31,32,37)/b33-22-/t18-,19+/m0/s1. The van der Waals surface area contributed by atoms with Crippen LogP contribution in [0.3, 0.4) is 0 Å². The molecule has 0 spiro atoms. The number of benzene rings is 1. The van der Waals surface area contributed by atoms with Gasteiger partial charge in [0.1, 0.15) is 17.9 Å². The number of esters is 1. The van der Waals surface area contributed by atoms with Crippen LogP contribution in [0.25, 0.3) is 0 Å². The van der Waals surface area contributed by atoms with E-state index in [-0.39, 0.29) is 48.1 Å². The number of carbonyl (C=O) groups excluding carboxylic acids is 4. The summed E-state index contributed by atoms with van der Waals surface area (Å²) in [6.07, 6.45) is 1.30. The number of nitrogens with two attached hydrogens (primary N) is 1. The number of amides is 2. The van der Waals surface area contributed by atoms with Gasteiger partial charge in [-0.15, -0.1) is 11.3 Å². The van der Waals surface area contributed by atoms with Gasteiger partial charge in [0.25, 0.3) is 0 Å². The summed E-state index contributed by atoms with van der Waals surface area (Å²) in [6.45, 7) is 5.45. The van der Waals surface area contributed by atoms with E-state index in [1.807, 2.05) is 30.3 Å². The lowest BCUT2D eigenvalue weighted by Crippen LogP contribution is -2.61. The lowest BCUT2D eigenvalue weighted by atomic mass is 9.85. The molecule has 13 heteroatoms. The number of carbonyl (C=O) groups is 4. The highest BCUT2D eigenvalue weighted by Gasteiger charge is 2.47. The Morgan fingerprint density at radius 2 is 1.90 bits per heavy atom. The Kier molecular flexibility index (Phi) is 9.38. The van der Waals surface area contributed by atoms with Crippen molar-refractivity contribution in [2.45, 2.75) is 76.7 Å². The number of nitrogens with one attached hydrogen (secondary N) is 2. The Labute approximate surface area is 242 Å². The van der Waals surface area contributed by atoms with Crippen molar-refractivity contribution in [1.29, 1.82) is 0 Å². The van der Waals surface area contributed by atoms with Gasteiger partial charge in [-0.2, -0.15) is 0 Å². The average Bonchev–Trinajstić information content (AvgIpc) is 3.59. The minimum Gasteiger partial charge on any atom is -0.458 e. The fourth-order valence-electron chi connectivity index (χ4n) is 4.57. The molecule has 1 aliphatic carbocycles. The number of thiazole rings is 1. The number of hydrogen-bond acceptors (Lipinski definition) is 11. The molecule has 220 valence electrons. The predicted octanol–water partition coefficient (Wildman–Crippen LogP) is 3.30. The third kappa shape index (κ3) is 7.67. The van der Waals surface area contributed by atoms with Crippen LogP contribution in [0.1, 0.15) is 64.1 Å². The smallest absolute Gasteiger partial charge is 0.413 e. The lowest BCUT2D eigenvalue weighted by molar-refractivity contribution is -0.173. The molecule has 1 aromatic carbocycles. The highest BCUT2D eigenvalue weighted by Crippen LogP contribution is 2.35. The Hall–Kier alpha value is -3.84. The molecule has 0 radical (unpaired) electrons. The molecule has 0 bridgehead atoms. The molecule has 12 nitrogen and oxygen atoms in total. The number of Topliss-reactive ketones (excluding diaryl/α,β-unsaturated/α-hetero) is 1. The number of ketones is 1. The number of oxime groups is 1. The van der Waals surface area contributed by atoms with Crippen LogP contribution in [0.2, 0.25) is 0 Å². The third-order valence-electron chi connectivity index (χ3n) is 6.74. The second-order valence-electron chi connectivity index (χ2n) is 11.0. The molecule has 4 N–H and O–H groups in total. The molecule has 41 heavy (non-hydrogen) atoms. The van der Waals surface area contributed by atoms with Gasteiger partial charge in [-0.1, -0.05) is 35.5 Å². The normalized spacial score (nSPS) is 20.0. The summed E-state index contributed by atoms with van der Waals surface area (Å²) in [7, 11) is 0. The Morgan fingerprint density at radius 3 is 2.54 bits per heavy atom. The van der Waals surface area contributed by atoms with Gasteiger partial charge in [0.05, 0.1) is 12.0 Å². The molecule has 2 fully saturated rings. The lowest BCUT2D eigenvalue weighted by Gasteiger charge is -2.35. The van der Waals surface area contributed by atoms with E-state index in [1.165, 1.54) is 5.38 Å². The summed E-state index contributed by atoms with van der Waals surface area (Å²) < 4.78 is 10.8. The van der Waals surface area contributed by atoms with Crippen molar-refractivity contribution >= 4 is 45.9 Å². The van der Waals surface area contributed by atoms with Crippen LogP contribution in [-0.2, 0) is 35.3 Å².